The van der Waals surface area contributed by atoms with Crippen molar-refractivity contribution in [3.8, 4) is 11.1 Å². The maximum absolute atomic E-state index is 13.1. The number of hydrogen-bond acceptors (Lipinski definition) is 5. The van der Waals surface area contributed by atoms with Crippen molar-refractivity contribution in [3.05, 3.63) is 76.0 Å². The van der Waals surface area contributed by atoms with E-state index in [9.17, 15) is 4.79 Å². The highest BCUT2D eigenvalue weighted by atomic mass is 35.5. The molecule has 0 aliphatic heterocycles. The number of hydrogen-bond donors (Lipinski definition) is 0. The van der Waals surface area contributed by atoms with E-state index in [4.69, 9.17) is 30.5 Å². The van der Waals surface area contributed by atoms with Gasteiger partial charge in [-0.25, -0.2) is 9.78 Å². The molecule has 4 rings (SSSR count). The van der Waals surface area contributed by atoms with E-state index in [1.807, 2.05) is 64.1 Å². The lowest BCUT2D eigenvalue weighted by atomic mass is 9.91. The average Bonchev–Trinajstić information content (AvgIpc) is 3.39. The minimum absolute atomic E-state index is 0.469. The third-order valence-corrected chi connectivity index (χ3v) is 6.41. The third kappa shape index (κ3) is 4.86. The number of fused-ring (bicyclic) bond motifs is 1. The van der Waals surface area contributed by atoms with Crippen molar-refractivity contribution in [1.82, 2.24) is 9.55 Å². The molecule has 0 saturated heterocycles. The van der Waals surface area contributed by atoms with Crippen LogP contribution in [0.25, 0.3) is 22.2 Å². The Labute approximate surface area is 210 Å². The zero-order valence-electron chi connectivity index (χ0n) is 21.2. The molecule has 0 aliphatic rings. The van der Waals surface area contributed by atoms with E-state index in [2.05, 4.69) is 18.4 Å². The molecule has 0 spiro atoms. The predicted molar refractivity (Wildman–Crippen MR) is 138 cm³/mol. The van der Waals surface area contributed by atoms with E-state index in [0.717, 1.165) is 39.2 Å². The van der Waals surface area contributed by atoms with Crippen molar-refractivity contribution < 1.29 is 18.7 Å². The van der Waals surface area contributed by atoms with Gasteiger partial charge in [-0.3, -0.25) is 0 Å². The standard InChI is InChI=1S/C28H31ClN2O4/c1-16-18(3)31(15-21-9-8-14-34-21)26-22(16)24(19-10-12-20(29)13-11-19)23(17(2)30-26)25(27(32)33-7)35-28(4,5)6/h8-14,25H,15H2,1-7H3. The minimum atomic E-state index is -0.948. The van der Waals surface area contributed by atoms with Gasteiger partial charge in [0, 0.05) is 32.9 Å². The van der Waals surface area contributed by atoms with E-state index in [0.29, 0.717) is 22.8 Å². The Hall–Kier alpha value is -3.09. The summed E-state index contributed by atoms with van der Waals surface area (Å²) >= 11 is 6.23. The summed E-state index contributed by atoms with van der Waals surface area (Å²) in [5.74, 6) is 0.369. The van der Waals surface area contributed by atoms with E-state index in [1.165, 1.54) is 7.11 Å². The number of carbonyl (C=O) groups is 1. The average molecular weight is 495 g/mol. The lowest BCUT2D eigenvalue weighted by molar-refractivity contribution is -0.164. The summed E-state index contributed by atoms with van der Waals surface area (Å²) in [6, 6.07) is 11.5. The lowest BCUT2D eigenvalue weighted by Crippen LogP contribution is -2.29. The summed E-state index contributed by atoms with van der Waals surface area (Å²) in [7, 11) is 1.37. The van der Waals surface area contributed by atoms with Crippen molar-refractivity contribution in [2.24, 2.45) is 0 Å². The zero-order valence-corrected chi connectivity index (χ0v) is 22.0. The van der Waals surface area contributed by atoms with Gasteiger partial charge in [-0.2, -0.15) is 0 Å². The molecule has 1 aromatic carbocycles. The van der Waals surface area contributed by atoms with Gasteiger partial charge in [0.25, 0.3) is 0 Å². The maximum Gasteiger partial charge on any atom is 0.339 e. The van der Waals surface area contributed by atoms with Crippen LogP contribution in [0.3, 0.4) is 0 Å². The van der Waals surface area contributed by atoms with Gasteiger partial charge in [-0.1, -0.05) is 23.7 Å². The molecule has 1 unspecified atom stereocenters. The molecule has 6 nitrogen and oxygen atoms in total. The second-order valence-corrected chi connectivity index (χ2v) is 10.1. The third-order valence-electron chi connectivity index (χ3n) is 6.16. The van der Waals surface area contributed by atoms with Crippen molar-refractivity contribution in [3.63, 3.8) is 0 Å². The molecule has 35 heavy (non-hydrogen) atoms. The fraction of sp³-hybridized carbons (Fsp3) is 0.357. The molecule has 0 amide bonds. The molecule has 0 N–H and O–H groups in total. The van der Waals surface area contributed by atoms with Gasteiger partial charge < -0.3 is 18.5 Å². The number of halogens is 1. The summed E-state index contributed by atoms with van der Waals surface area (Å²) in [6.07, 6.45) is 0.722. The number of furan rings is 1. The molecular formula is C28H31ClN2O4. The van der Waals surface area contributed by atoms with Gasteiger partial charge >= 0.3 is 5.97 Å². The van der Waals surface area contributed by atoms with Crippen molar-refractivity contribution in [2.45, 2.75) is 59.8 Å². The van der Waals surface area contributed by atoms with E-state index < -0.39 is 17.7 Å². The van der Waals surface area contributed by atoms with Crippen LogP contribution >= 0.6 is 11.6 Å². The van der Waals surface area contributed by atoms with Crippen molar-refractivity contribution >= 4 is 28.6 Å². The molecule has 1 atom stereocenters. The Balaban J connectivity index is 2.09. The van der Waals surface area contributed by atoms with Gasteiger partial charge in [0.05, 0.1) is 25.5 Å². The molecule has 3 heterocycles. The number of aromatic nitrogens is 2. The molecule has 0 radical (unpaired) electrons. The van der Waals surface area contributed by atoms with E-state index in [1.54, 1.807) is 6.26 Å². The monoisotopic (exact) mass is 494 g/mol. The maximum atomic E-state index is 13.1. The van der Waals surface area contributed by atoms with Crippen LogP contribution in [-0.2, 0) is 20.8 Å². The number of aryl methyl sites for hydroxylation is 2. The molecule has 0 fully saturated rings. The highest BCUT2D eigenvalue weighted by Crippen LogP contribution is 2.42. The van der Waals surface area contributed by atoms with Crippen LogP contribution < -0.4 is 0 Å². The van der Waals surface area contributed by atoms with Crippen LogP contribution in [-0.4, -0.2) is 28.2 Å². The quantitative estimate of drug-likeness (QED) is 0.271. The van der Waals surface area contributed by atoms with Gasteiger partial charge in [0.2, 0.25) is 0 Å². The van der Waals surface area contributed by atoms with Crippen molar-refractivity contribution in [2.75, 3.05) is 7.11 Å². The van der Waals surface area contributed by atoms with Crippen LogP contribution in [0.15, 0.2) is 47.1 Å². The number of ether oxygens (including phenoxy) is 2. The molecular weight excluding hydrogens is 464 g/mol. The number of nitrogens with zero attached hydrogens (tertiary/aromatic N) is 2. The fourth-order valence-electron chi connectivity index (χ4n) is 4.47. The Morgan fingerprint density at radius 2 is 1.83 bits per heavy atom. The largest absolute Gasteiger partial charge is 0.467 e. The molecule has 3 aromatic heterocycles. The SMILES string of the molecule is COC(=O)C(OC(C)(C)C)c1c(C)nc2c(c(C)c(C)n2Cc2ccco2)c1-c1ccc(Cl)cc1. The predicted octanol–water partition coefficient (Wildman–Crippen LogP) is 6.95. The Morgan fingerprint density at radius 3 is 2.40 bits per heavy atom. The highest BCUT2D eigenvalue weighted by molar-refractivity contribution is 6.30. The van der Waals surface area contributed by atoms with Crippen LogP contribution in [0.4, 0.5) is 0 Å². The summed E-state index contributed by atoms with van der Waals surface area (Å²) in [4.78, 5) is 18.1. The van der Waals surface area contributed by atoms with Gasteiger partial charge in [0.1, 0.15) is 11.4 Å². The zero-order chi connectivity index (χ0) is 25.5. The molecule has 0 saturated carbocycles. The Morgan fingerprint density at radius 1 is 1.14 bits per heavy atom. The number of benzene rings is 1. The van der Waals surface area contributed by atoms with E-state index >= 15 is 0 Å². The summed E-state index contributed by atoms with van der Waals surface area (Å²) in [5, 5.41) is 1.60. The van der Waals surface area contributed by atoms with Crippen molar-refractivity contribution in [1.29, 1.82) is 0 Å². The summed E-state index contributed by atoms with van der Waals surface area (Å²) in [6.45, 7) is 12.4. The first-order valence-electron chi connectivity index (χ1n) is 11.6. The molecule has 184 valence electrons. The van der Waals surface area contributed by atoms with Gasteiger partial charge in [-0.15, -0.1) is 0 Å². The van der Waals surface area contributed by atoms with Crippen LogP contribution in [0.2, 0.25) is 5.02 Å². The fourth-order valence-corrected chi connectivity index (χ4v) is 4.60. The molecule has 4 aromatic rings. The number of esters is 1. The number of methoxy groups -OCH3 is 1. The number of rotatable bonds is 6. The Kier molecular flexibility index (Phi) is 6.80. The molecule has 0 bridgehead atoms. The summed E-state index contributed by atoms with van der Waals surface area (Å²) < 4.78 is 19.3. The Bertz CT molecular complexity index is 1360. The smallest absolute Gasteiger partial charge is 0.339 e. The first kappa shape index (κ1) is 25.0. The van der Waals surface area contributed by atoms with E-state index in [-0.39, 0.29) is 0 Å². The minimum Gasteiger partial charge on any atom is -0.467 e. The van der Waals surface area contributed by atoms with Crippen LogP contribution in [0.1, 0.15) is 55.2 Å². The van der Waals surface area contributed by atoms with Gasteiger partial charge in [0.15, 0.2) is 6.10 Å². The second-order valence-electron chi connectivity index (χ2n) is 9.70. The first-order valence-corrected chi connectivity index (χ1v) is 11.9. The number of pyridine rings is 1. The highest BCUT2D eigenvalue weighted by Gasteiger charge is 2.34. The first-order chi connectivity index (χ1) is 16.5. The van der Waals surface area contributed by atoms with Crippen LogP contribution in [0, 0.1) is 20.8 Å². The molecule has 0 aliphatic carbocycles. The second kappa shape index (κ2) is 9.51. The molecule has 7 heteroatoms. The number of carbonyl (C=O) groups excluding carboxylic acids is 1. The summed E-state index contributed by atoms with van der Waals surface area (Å²) in [5.41, 5.74) is 5.58. The normalized spacial score (nSPS) is 12.8. The van der Waals surface area contributed by atoms with Gasteiger partial charge in [-0.05, 0) is 76.9 Å². The van der Waals surface area contributed by atoms with Crippen LogP contribution in [0.5, 0.6) is 0 Å². The topological polar surface area (TPSA) is 66.5 Å². The lowest BCUT2D eigenvalue weighted by Gasteiger charge is -2.28.